The van der Waals surface area contributed by atoms with Crippen LogP contribution in [0.25, 0.3) is 0 Å². The van der Waals surface area contributed by atoms with Crippen molar-refractivity contribution in [1.82, 2.24) is 0 Å². The van der Waals surface area contributed by atoms with Crippen molar-refractivity contribution in [2.24, 2.45) is 0 Å². The summed E-state index contributed by atoms with van der Waals surface area (Å²) in [5.41, 5.74) is 9.66. The fourth-order valence-corrected chi connectivity index (χ4v) is 2.27. The summed E-state index contributed by atoms with van der Waals surface area (Å²) in [6.45, 7) is 6.20. The second-order valence-corrected chi connectivity index (χ2v) is 5.15. The molecular weight excluding hydrogens is 270 g/mol. The maximum absolute atomic E-state index is 6.21. The molecule has 0 saturated heterocycles. The van der Waals surface area contributed by atoms with Gasteiger partial charge in [0.25, 0.3) is 0 Å². The number of nitrogens with two attached hydrogens (primary N) is 1. The van der Waals surface area contributed by atoms with Gasteiger partial charge in [0, 0.05) is 16.3 Å². The standard InChI is InChI=1S/C17H18ClNO/c1-3-4-13-10-15(19)7-8-17(13)20-11-14-6-5-12(2)9-16(14)18/h3,5-10H,1,4,11,19H2,2H3. The molecule has 0 atom stereocenters. The summed E-state index contributed by atoms with van der Waals surface area (Å²) < 4.78 is 5.86. The molecule has 0 amide bonds. The minimum Gasteiger partial charge on any atom is -0.489 e. The predicted molar refractivity (Wildman–Crippen MR) is 85.3 cm³/mol. The van der Waals surface area contributed by atoms with Crippen molar-refractivity contribution in [2.45, 2.75) is 20.0 Å². The molecule has 2 nitrogen and oxygen atoms in total. The summed E-state index contributed by atoms with van der Waals surface area (Å²) in [6, 6.07) is 11.6. The summed E-state index contributed by atoms with van der Waals surface area (Å²) in [4.78, 5) is 0. The average Bonchev–Trinajstić information content (AvgIpc) is 2.40. The zero-order chi connectivity index (χ0) is 14.5. The summed E-state index contributed by atoms with van der Waals surface area (Å²) in [5, 5.41) is 0.728. The molecule has 0 fully saturated rings. The monoisotopic (exact) mass is 287 g/mol. The van der Waals surface area contributed by atoms with Gasteiger partial charge in [0.15, 0.2) is 0 Å². The molecule has 2 aromatic rings. The van der Waals surface area contributed by atoms with Crippen molar-refractivity contribution >= 4 is 17.3 Å². The molecule has 0 aliphatic carbocycles. The van der Waals surface area contributed by atoms with Crippen LogP contribution in [0.2, 0.25) is 5.02 Å². The van der Waals surface area contributed by atoms with Gasteiger partial charge in [0.05, 0.1) is 0 Å². The van der Waals surface area contributed by atoms with E-state index in [2.05, 4.69) is 6.58 Å². The number of benzene rings is 2. The van der Waals surface area contributed by atoms with Gasteiger partial charge in [-0.3, -0.25) is 0 Å². The van der Waals surface area contributed by atoms with Crippen LogP contribution < -0.4 is 10.5 Å². The lowest BCUT2D eigenvalue weighted by atomic mass is 10.1. The van der Waals surface area contributed by atoms with E-state index in [4.69, 9.17) is 22.1 Å². The summed E-state index contributed by atoms with van der Waals surface area (Å²) in [7, 11) is 0. The van der Waals surface area contributed by atoms with Crippen molar-refractivity contribution < 1.29 is 4.74 Å². The highest BCUT2D eigenvalue weighted by Crippen LogP contribution is 2.25. The zero-order valence-corrected chi connectivity index (χ0v) is 12.3. The van der Waals surface area contributed by atoms with Crippen molar-refractivity contribution in [3.05, 3.63) is 70.8 Å². The highest BCUT2D eigenvalue weighted by atomic mass is 35.5. The van der Waals surface area contributed by atoms with E-state index in [9.17, 15) is 0 Å². The zero-order valence-electron chi connectivity index (χ0n) is 11.5. The largest absolute Gasteiger partial charge is 0.489 e. The van der Waals surface area contributed by atoms with Gasteiger partial charge >= 0.3 is 0 Å². The SMILES string of the molecule is C=CCc1cc(N)ccc1OCc1ccc(C)cc1Cl. The first-order chi connectivity index (χ1) is 9.60. The molecule has 2 aromatic carbocycles. The summed E-state index contributed by atoms with van der Waals surface area (Å²) in [6.07, 6.45) is 2.56. The first-order valence-corrected chi connectivity index (χ1v) is 6.85. The predicted octanol–water partition coefficient (Wildman–Crippen LogP) is 4.54. The number of nitrogen functional groups attached to an aromatic ring is 1. The van der Waals surface area contributed by atoms with Crippen LogP contribution in [0.3, 0.4) is 0 Å². The number of halogens is 1. The van der Waals surface area contributed by atoms with E-state index in [1.807, 2.05) is 49.4 Å². The van der Waals surface area contributed by atoms with Gasteiger partial charge in [-0.25, -0.2) is 0 Å². The van der Waals surface area contributed by atoms with Crippen LogP contribution in [-0.4, -0.2) is 0 Å². The maximum atomic E-state index is 6.21. The van der Waals surface area contributed by atoms with Crippen LogP contribution in [0.4, 0.5) is 5.69 Å². The number of rotatable bonds is 5. The lowest BCUT2D eigenvalue weighted by Gasteiger charge is -2.12. The summed E-state index contributed by atoms with van der Waals surface area (Å²) >= 11 is 6.21. The van der Waals surface area contributed by atoms with Crippen LogP contribution in [-0.2, 0) is 13.0 Å². The van der Waals surface area contributed by atoms with Gasteiger partial charge in [0.2, 0.25) is 0 Å². The topological polar surface area (TPSA) is 35.2 Å². The average molecular weight is 288 g/mol. The van der Waals surface area contributed by atoms with Gasteiger partial charge in [-0.05, 0) is 48.7 Å². The highest BCUT2D eigenvalue weighted by molar-refractivity contribution is 6.31. The number of aryl methyl sites for hydroxylation is 1. The second kappa shape index (κ2) is 6.49. The van der Waals surface area contributed by atoms with E-state index >= 15 is 0 Å². The van der Waals surface area contributed by atoms with E-state index in [-0.39, 0.29) is 0 Å². The molecule has 0 saturated carbocycles. The first-order valence-electron chi connectivity index (χ1n) is 6.47. The van der Waals surface area contributed by atoms with E-state index in [0.29, 0.717) is 6.61 Å². The van der Waals surface area contributed by atoms with Gasteiger partial charge in [0.1, 0.15) is 12.4 Å². The van der Waals surface area contributed by atoms with Crippen molar-refractivity contribution in [2.75, 3.05) is 5.73 Å². The molecule has 2 rings (SSSR count). The number of ether oxygens (including phenoxy) is 1. The Kier molecular flexibility index (Phi) is 4.70. The lowest BCUT2D eigenvalue weighted by molar-refractivity contribution is 0.303. The molecule has 0 aromatic heterocycles. The van der Waals surface area contributed by atoms with E-state index in [1.165, 1.54) is 0 Å². The molecule has 104 valence electrons. The Morgan fingerprint density at radius 3 is 2.70 bits per heavy atom. The Hall–Kier alpha value is -1.93. The van der Waals surface area contributed by atoms with Crippen LogP contribution >= 0.6 is 11.6 Å². The maximum Gasteiger partial charge on any atom is 0.123 e. The Balaban J connectivity index is 2.16. The van der Waals surface area contributed by atoms with Crippen molar-refractivity contribution in [1.29, 1.82) is 0 Å². The van der Waals surface area contributed by atoms with Crippen LogP contribution in [0.1, 0.15) is 16.7 Å². The third kappa shape index (κ3) is 3.55. The molecule has 3 heteroatoms. The molecule has 0 aliphatic heterocycles. The Morgan fingerprint density at radius 1 is 1.20 bits per heavy atom. The van der Waals surface area contributed by atoms with E-state index in [1.54, 1.807) is 0 Å². The van der Waals surface area contributed by atoms with E-state index in [0.717, 1.165) is 39.6 Å². The summed E-state index contributed by atoms with van der Waals surface area (Å²) in [5.74, 6) is 0.816. The van der Waals surface area contributed by atoms with E-state index < -0.39 is 0 Å². The second-order valence-electron chi connectivity index (χ2n) is 4.74. The normalized spacial score (nSPS) is 10.3. The number of anilines is 1. The van der Waals surface area contributed by atoms with Crippen LogP contribution in [0, 0.1) is 6.92 Å². The van der Waals surface area contributed by atoms with Crippen LogP contribution in [0.5, 0.6) is 5.75 Å². The quantitative estimate of drug-likeness (QED) is 0.647. The third-order valence-electron chi connectivity index (χ3n) is 3.04. The molecule has 20 heavy (non-hydrogen) atoms. The number of hydrogen-bond donors (Lipinski definition) is 1. The molecule has 2 N–H and O–H groups in total. The van der Waals surface area contributed by atoms with Gasteiger partial charge in [-0.2, -0.15) is 0 Å². The Morgan fingerprint density at radius 2 is 2.00 bits per heavy atom. The van der Waals surface area contributed by atoms with Gasteiger partial charge < -0.3 is 10.5 Å². The molecule has 0 unspecified atom stereocenters. The Labute approximate surface area is 124 Å². The molecule has 0 bridgehead atoms. The first kappa shape index (κ1) is 14.5. The molecule has 0 aliphatic rings. The van der Waals surface area contributed by atoms with Crippen molar-refractivity contribution in [3.8, 4) is 5.75 Å². The van der Waals surface area contributed by atoms with Crippen molar-refractivity contribution in [3.63, 3.8) is 0 Å². The number of allylic oxidation sites excluding steroid dienone is 1. The van der Waals surface area contributed by atoms with Gasteiger partial charge in [-0.1, -0.05) is 29.8 Å². The fraction of sp³-hybridized carbons (Fsp3) is 0.176. The minimum atomic E-state index is 0.438. The number of hydrogen-bond acceptors (Lipinski definition) is 2. The van der Waals surface area contributed by atoms with Crippen LogP contribution in [0.15, 0.2) is 49.1 Å². The minimum absolute atomic E-state index is 0.438. The molecule has 0 radical (unpaired) electrons. The fourth-order valence-electron chi connectivity index (χ4n) is 1.98. The molecule has 0 heterocycles. The molecule has 0 spiro atoms. The Bertz CT molecular complexity index is 622. The molecular formula is C17H18ClNO. The smallest absolute Gasteiger partial charge is 0.123 e. The highest BCUT2D eigenvalue weighted by Gasteiger charge is 2.06. The lowest BCUT2D eigenvalue weighted by Crippen LogP contribution is -2.00. The van der Waals surface area contributed by atoms with Gasteiger partial charge in [-0.15, -0.1) is 6.58 Å². The third-order valence-corrected chi connectivity index (χ3v) is 3.39.